The smallest absolute Gasteiger partial charge is 0.263 e. The Kier molecular flexibility index (Phi) is 7.04. The average Bonchev–Trinajstić information content (AvgIpc) is 3.26. The van der Waals surface area contributed by atoms with E-state index in [0.717, 1.165) is 53.0 Å². The summed E-state index contributed by atoms with van der Waals surface area (Å²) in [5, 5.41) is 5.23. The lowest BCUT2D eigenvalue weighted by molar-refractivity contribution is 0.0767. The number of nitrogens with zero attached hydrogens (tertiary/aromatic N) is 5. The molecule has 3 heterocycles. The van der Waals surface area contributed by atoms with Crippen molar-refractivity contribution in [3.8, 4) is 11.3 Å². The Labute approximate surface area is 228 Å². The molecule has 1 saturated heterocycles. The third-order valence-electron chi connectivity index (χ3n) is 7.31. The van der Waals surface area contributed by atoms with Crippen molar-refractivity contribution in [2.24, 2.45) is 0 Å². The van der Waals surface area contributed by atoms with Crippen LogP contribution in [0.2, 0.25) is 0 Å². The summed E-state index contributed by atoms with van der Waals surface area (Å²) in [5.74, 6) is 1.58. The summed E-state index contributed by atoms with van der Waals surface area (Å²) in [6.07, 6.45) is 2.39. The van der Waals surface area contributed by atoms with E-state index < -0.39 is 0 Å². The lowest BCUT2D eigenvalue weighted by atomic mass is 10.1. The van der Waals surface area contributed by atoms with E-state index in [1.807, 2.05) is 77.7 Å². The van der Waals surface area contributed by atoms with Gasteiger partial charge in [0.25, 0.3) is 11.6 Å². The highest BCUT2D eigenvalue weighted by atomic mass is 16.5. The first-order chi connectivity index (χ1) is 19.2. The molecule has 1 aliphatic rings. The summed E-state index contributed by atoms with van der Waals surface area (Å²) in [4.78, 5) is 27.4. The molecule has 39 heavy (non-hydrogen) atoms. The summed E-state index contributed by atoms with van der Waals surface area (Å²) in [5.41, 5.74) is 5.28. The van der Waals surface area contributed by atoms with E-state index in [4.69, 9.17) is 14.5 Å². The number of rotatable bonds is 6. The molecule has 0 radical (unpaired) electrons. The minimum absolute atomic E-state index is 0.0760. The van der Waals surface area contributed by atoms with Crippen LogP contribution in [0, 0.1) is 0 Å². The second-order valence-corrected chi connectivity index (χ2v) is 9.89. The van der Waals surface area contributed by atoms with Gasteiger partial charge in [-0.3, -0.25) is 4.79 Å². The van der Waals surface area contributed by atoms with Gasteiger partial charge in [-0.1, -0.05) is 84.9 Å². The van der Waals surface area contributed by atoms with E-state index in [2.05, 4.69) is 29.1 Å². The summed E-state index contributed by atoms with van der Waals surface area (Å²) < 4.78 is 5.79. The highest BCUT2D eigenvalue weighted by molar-refractivity contribution is 5.98. The van der Waals surface area contributed by atoms with Gasteiger partial charge in [0.15, 0.2) is 0 Å². The molecule has 0 spiro atoms. The zero-order valence-electron chi connectivity index (χ0n) is 22.1. The number of carbonyl (C=O) groups is 1. The molecule has 1 aliphatic heterocycles. The van der Waals surface area contributed by atoms with Crippen molar-refractivity contribution >= 4 is 22.8 Å². The molecule has 7 heteroatoms. The van der Waals surface area contributed by atoms with Gasteiger partial charge in [0.1, 0.15) is 22.7 Å². The topological polar surface area (TPSA) is 75.4 Å². The maximum Gasteiger partial charge on any atom is 0.263 e. The maximum absolute atomic E-state index is 13.3. The van der Waals surface area contributed by atoms with Crippen molar-refractivity contribution < 1.29 is 9.32 Å². The standard InChI is InChI=1S/C32H31N5O2/c1-2-23-14-16-26(17-15-23)32(38)37-19-9-18-36(20-21-37)30-28-29(25-12-7-4-8-13-25)35-39-31(28)34-27(33-30)22-24-10-5-3-6-11-24/h3-8,10-17H,2,9,18-22H2,1H3. The van der Waals surface area contributed by atoms with Crippen LogP contribution >= 0.6 is 0 Å². The van der Waals surface area contributed by atoms with Gasteiger partial charge in [-0.15, -0.1) is 0 Å². The maximum atomic E-state index is 13.3. The second kappa shape index (κ2) is 11.1. The van der Waals surface area contributed by atoms with Crippen molar-refractivity contribution in [3.05, 3.63) is 107 Å². The van der Waals surface area contributed by atoms with Crippen molar-refractivity contribution in [2.45, 2.75) is 26.2 Å². The first-order valence-corrected chi connectivity index (χ1v) is 13.6. The molecular weight excluding hydrogens is 486 g/mol. The Hall–Kier alpha value is -4.52. The first-order valence-electron chi connectivity index (χ1n) is 13.6. The molecule has 0 saturated carbocycles. The number of carbonyl (C=O) groups excluding carboxylic acids is 1. The molecule has 0 unspecified atom stereocenters. The van der Waals surface area contributed by atoms with E-state index in [-0.39, 0.29) is 5.91 Å². The molecule has 7 nitrogen and oxygen atoms in total. The third kappa shape index (κ3) is 5.25. The predicted molar refractivity (Wildman–Crippen MR) is 153 cm³/mol. The summed E-state index contributed by atoms with van der Waals surface area (Å²) in [6.45, 7) is 4.86. The molecule has 3 aromatic carbocycles. The number of aromatic nitrogens is 3. The Bertz CT molecular complexity index is 1570. The monoisotopic (exact) mass is 517 g/mol. The predicted octanol–water partition coefficient (Wildman–Crippen LogP) is 5.79. The molecule has 5 aromatic rings. The van der Waals surface area contributed by atoms with Crippen molar-refractivity contribution in [1.82, 2.24) is 20.0 Å². The van der Waals surface area contributed by atoms with Crippen molar-refractivity contribution in [3.63, 3.8) is 0 Å². The van der Waals surface area contributed by atoms with Gasteiger partial charge in [0.2, 0.25) is 0 Å². The Morgan fingerprint density at radius 3 is 2.31 bits per heavy atom. The van der Waals surface area contributed by atoms with Crippen LogP contribution in [0.15, 0.2) is 89.5 Å². The van der Waals surface area contributed by atoms with Crippen molar-refractivity contribution in [1.29, 1.82) is 0 Å². The molecule has 0 atom stereocenters. The van der Waals surface area contributed by atoms with Gasteiger partial charge < -0.3 is 14.3 Å². The zero-order chi connectivity index (χ0) is 26.6. The number of aryl methyl sites for hydroxylation is 1. The average molecular weight is 518 g/mol. The van der Waals surface area contributed by atoms with Crippen LogP contribution in [0.3, 0.4) is 0 Å². The van der Waals surface area contributed by atoms with Gasteiger partial charge in [-0.25, -0.2) is 4.98 Å². The van der Waals surface area contributed by atoms with Crippen LogP contribution in [0.4, 0.5) is 5.82 Å². The van der Waals surface area contributed by atoms with Crippen LogP contribution < -0.4 is 4.90 Å². The van der Waals surface area contributed by atoms with Crippen LogP contribution in [0.5, 0.6) is 0 Å². The molecule has 6 rings (SSSR count). The Morgan fingerprint density at radius 1 is 0.821 bits per heavy atom. The van der Waals surface area contributed by atoms with E-state index in [1.165, 1.54) is 5.56 Å². The van der Waals surface area contributed by atoms with Gasteiger partial charge in [-0.05, 0) is 36.1 Å². The quantitative estimate of drug-likeness (QED) is 0.284. The molecule has 0 N–H and O–H groups in total. The summed E-state index contributed by atoms with van der Waals surface area (Å²) >= 11 is 0. The Morgan fingerprint density at radius 2 is 1.56 bits per heavy atom. The highest BCUT2D eigenvalue weighted by Gasteiger charge is 2.26. The SMILES string of the molecule is CCc1ccc(C(=O)N2CCCN(c3nc(Cc4ccccc4)nc4onc(-c5ccccc5)c34)CC2)cc1. The molecule has 0 aliphatic carbocycles. The van der Waals surface area contributed by atoms with Crippen LogP contribution in [0.25, 0.3) is 22.4 Å². The molecule has 2 aromatic heterocycles. The molecule has 0 bridgehead atoms. The number of fused-ring (bicyclic) bond motifs is 1. The molecule has 196 valence electrons. The summed E-state index contributed by atoms with van der Waals surface area (Å²) in [7, 11) is 0. The number of hydrogen-bond acceptors (Lipinski definition) is 6. The van der Waals surface area contributed by atoms with Gasteiger partial charge >= 0.3 is 0 Å². The van der Waals surface area contributed by atoms with Crippen LogP contribution in [0.1, 0.15) is 40.7 Å². The normalized spacial score (nSPS) is 14.0. The van der Waals surface area contributed by atoms with Crippen LogP contribution in [-0.2, 0) is 12.8 Å². The van der Waals surface area contributed by atoms with Gasteiger partial charge in [0.05, 0.1) is 0 Å². The lowest BCUT2D eigenvalue weighted by Crippen LogP contribution is -2.35. The van der Waals surface area contributed by atoms with E-state index in [9.17, 15) is 4.79 Å². The highest BCUT2D eigenvalue weighted by Crippen LogP contribution is 2.34. The second-order valence-electron chi connectivity index (χ2n) is 9.89. The zero-order valence-corrected chi connectivity index (χ0v) is 22.1. The number of benzene rings is 3. The van der Waals surface area contributed by atoms with Gasteiger partial charge in [0, 0.05) is 43.7 Å². The molecular formula is C32H31N5O2. The lowest BCUT2D eigenvalue weighted by Gasteiger charge is -2.24. The number of hydrogen-bond donors (Lipinski definition) is 0. The fourth-order valence-electron chi connectivity index (χ4n) is 5.16. The van der Waals surface area contributed by atoms with E-state index in [0.29, 0.717) is 37.6 Å². The number of amides is 1. The minimum Gasteiger partial charge on any atom is -0.354 e. The largest absolute Gasteiger partial charge is 0.354 e. The van der Waals surface area contributed by atoms with E-state index >= 15 is 0 Å². The Balaban J connectivity index is 1.33. The number of anilines is 1. The summed E-state index contributed by atoms with van der Waals surface area (Å²) in [6, 6.07) is 28.2. The fraction of sp³-hybridized carbons (Fsp3) is 0.250. The molecule has 1 fully saturated rings. The molecule has 1 amide bonds. The van der Waals surface area contributed by atoms with Crippen molar-refractivity contribution in [2.75, 3.05) is 31.1 Å². The van der Waals surface area contributed by atoms with E-state index in [1.54, 1.807) is 0 Å². The third-order valence-corrected chi connectivity index (χ3v) is 7.31. The fourth-order valence-corrected chi connectivity index (χ4v) is 5.16. The minimum atomic E-state index is 0.0760. The first kappa shape index (κ1) is 24.8. The van der Waals surface area contributed by atoms with Gasteiger partial charge in [-0.2, -0.15) is 4.98 Å². The van der Waals surface area contributed by atoms with Crippen LogP contribution in [-0.4, -0.2) is 52.1 Å².